The third-order valence-electron chi connectivity index (χ3n) is 4.32. The Morgan fingerprint density at radius 2 is 2.12 bits per heavy atom. The van der Waals surface area contributed by atoms with Crippen LogP contribution < -0.4 is 5.32 Å². The maximum Gasteiger partial charge on any atom is 0.0597 e. The molecule has 1 aromatic rings. The molecule has 1 heterocycles. The van der Waals surface area contributed by atoms with Crippen LogP contribution in [0.5, 0.6) is 0 Å². The number of aromatic nitrogens is 2. The van der Waals surface area contributed by atoms with Gasteiger partial charge in [0.15, 0.2) is 0 Å². The van der Waals surface area contributed by atoms with Gasteiger partial charge in [0, 0.05) is 20.1 Å². The fraction of sp³-hybridized carbons (Fsp3) is 0.786. The van der Waals surface area contributed by atoms with E-state index in [1.54, 1.807) is 0 Å². The van der Waals surface area contributed by atoms with Crippen molar-refractivity contribution in [2.24, 2.45) is 12.5 Å². The molecule has 0 unspecified atom stereocenters. The van der Waals surface area contributed by atoms with E-state index >= 15 is 0 Å². The third-order valence-corrected chi connectivity index (χ3v) is 4.32. The van der Waals surface area contributed by atoms with Crippen LogP contribution in [0.2, 0.25) is 0 Å². The lowest BCUT2D eigenvalue weighted by molar-refractivity contribution is 0.267. The monoisotopic (exact) mass is 235 g/mol. The van der Waals surface area contributed by atoms with Gasteiger partial charge in [-0.3, -0.25) is 4.68 Å². The molecule has 1 saturated carbocycles. The van der Waals surface area contributed by atoms with Gasteiger partial charge in [0.1, 0.15) is 0 Å². The van der Waals surface area contributed by atoms with Gasteiger partial charge < -0.3 is 5.32 Å². The van der Waals surface area contributed by atoms with Crippen molar-refractivity contribution in [2.45, 2.75) is 52.5 Å². The number of hydrogen-bond donors (Lipinski definition) is 1. The quantitative estimate of drug-likeness (QED) is 0.850. The standard InChI is InChI=1S/C14H25N3/c1-4-14(7-5-6-8-14)11-15-10-13-9-12(2)16-17(13)3/h9,15H,4-8,10-11H2,1-3H3. The number of aryl methyl sites for hydroxylation is 2. The Morgan fingerprint density at radius 3 is 2.65 bits per heavy atom. The van der Waals surface area contributed by atoms with Crippen LogP contribution >= 0.6 is 0 Å². The smallest absolute Gasteiger partial charge is 0.0597 e. The molecule has 0 atom stereocenters. The van der Waals surface area contributed by atoms with Crippen LogP contribution in [-0.4, -0.2) is 16.3 Å². The lowest BCUT2D eigenvalue weighted by atomic mass is 9.83. The number of hydrogen-bond acceptors (Lipinski definition) is 2. The van der Waals surface area contributed by atoms with Gasteiger partial charge in [-0.2, -0.15) is 5.10 Å². The number of nitrogens with zero attached hydrogens (tertiary/aromatic N) is 2. The highest BCUT2D eigenvalue weighted by Crippen LogP contribution is 2.40. The molecule has 17 heavy (non-hydrogen) atoms. The maximum absolute atomic E-state index is 4.38. The summed E-state index contributed by atoms with van der Waals surface area (Å²) in [6.45, 7) is 6.49. The highest BCUT2D eigenvalue weighted by molar-refractivity contribution is 5.08. The SMILES string of the molecule is CCC1(CNCc2cc(C)nn2C)CCCC1. The molecule has 0 aliphatic heterocycles. The first-order valence-corrected chi connectivity index (χ1v) is 6.85. The predicted octanol–water partition coefficient (Wildman–Crippen LogP) is 2.79. The van der Waals surface area contributed by atoms with Crippen molar-refractivity contribution in [3.05, 3.63) is 17.5 Å². The highest BCUT2D eigenvalue weighted by Gasteiger charge is 2.31. The van der Waals surface area contributed by atoms with Crippen molar-refractivity contribution in [1.82, 2.24) is 15.1 Å². The van der Waals surface area contributed by atoms with Crippen LogP contribution in [-0.2, 0) is 13.6 Å². The summed E-state index contributed by atoms with van der Waals surface area (Å²) in [7, 11) is 2.02. The van der Waals surface area contributed by atoms with Crippen LogP contribution in [0.4, 0.5) is 0 Å². The summed E-state index contributed by atoms with van der Waals surface area (Å²) in [5, 5.41) is 8.00. The van der Waals surface area contributed by atoms with Crippen LogP contribution in [0.1, 0.15) is 50.4 Å². The van der Waals surface area contributed by atoms with Crippen LogP contribution in [0.3, 0.4) is 0 Å². The molecule has 0 radical (unpaired) electrons. The van der Waals surface area contributed by atoms with Crippen molar-refractivity contribution in [3.63, 3.8) is 0 Å². The van der Waals surface area contributed by atoms with Crippen LogP contribution in [0.25, 0.3) is 0 Å². The van der Waals surface area contributed by atoms with Gasteiger partial charge in [-0.1, -0.05) is 19.8 Å². The van der Waals surface area contributed by atoms with Gasteiger partial charge in [-0.15, -0.1) is 0 Å². The van der Waals surface area contributed by atoms with E-state index in [9.17, 15) is 0 Å². The van der Waals surface area contributed by atoms with Crippen LogP contribution in [0.15, 0.2) is 6.07 Å². The zero-order valence-corrected chi connectivity index (χ0v) is 11.4. The second-order valence-corrected chi connectivity index (χ2v) is 5.56. The molecular formula is C14H25N3. The van der Waals surface area contributed by atoms with Gasteiger partial charge in [0.05, 0.1) is 11.4 Å². The van der Waals surface area contributed by atoms with E-state index in [-0.39, 0.29) is 0 Å². The summed E-state index contributed by atoms with van der Waals surface area (Å²) >= 11 is 0. The van der Waals surface area contributed by atoms with Gasteiger partial charge in [0.2, 0.25) is 0 Å². The Hall–Kier alpha value is -0.830. The normalized spacial score (nSPS) is 18.8. The molecule has 0 aromatic carbocycles. The largest absolute Gasteiger partial charge is 0.311 e. The van der Waals surface area contributed by atoms with Gasteiger partial charge >= 0.3 is 0 Å². The Labute approximate surface area is 105 Å². The Bertz CT molecular complexity index is 362. The molecule has 96 valence electrons. The molecule has 1 fully saturated rings. The average Bonchev–Trinajstić information content (AvgIpc) is 2.88. The van der Waals surface area contributed by atoms with Crippen molar-refractivity contribution in [1.29, 1.82) is 0 Å². The van der Waals surface area contributed by atoms with Crippen LogP contribution in [0, 0.1) is 12.3 Å². The lowest BCUT2D eigenvalue weighted by Crippen LogP contribution is -2.31. The molecule has 0 amide bonds. The van der Waals surface area contributed by atoms with Crippen molar-refractivity contribution in [3.8, 4) is 0 Å². The maximum atomic E-state index is 4.38. The van der Waals surface area contributed by atoms with E-state index in [0.29, 0.717) is 5.41 Å². The van der Waals surface area contributed by atoms with Crippen molar-refractivity contribution >= 4 is 0 Å². The Balaban J connectivity index is 1.84. The molecule has 1 aliphatic carbocycles. The van der Waals surface area contributed by atoms with E-state index in [0.717, 1.165) is 18.8 Å². The molecule has 2 rings (SSSR count). The Kier molecular flexibility index (Phi) is 3.87. The average molecular weight is 235 g/mol. The van der Waals surface area contributed by atoms with Crippen molar-refractivity contribution in [2.75, 3.05) is 6.54 Å². The summed E-state index contributed by atoms with van der Waals surface area (Å²) in [6, 6.07) is 2.17. The minimum Gasteiger partial charge on any atom is -0.311 e. The fourth-order valence-corrected chi connectivity index (χ4v) is 3.07. The minimum atomic E-state index is 0.577. The minimum absolute atomic E-state index is 0.577. The van der Waals surface area contributed by atoms with Gasteiger partial charge in [-0.05, 0) is 37.7 Å². The zero-order valence-electron chi connectivity index (χ0n) is 11.4. The molecule has 1 aromatic heterocycles. The first-order chi connectivity index (χ1) is 8.15. The topological polar surface area (TPSA) is 29.9 Å². The Morgan fingerprint density at radius 1 is 1.41 bits per heavy atom. The molecule has 3 nitrogen and oxygen atoms in total. The molecular weight excluding hydrogens is 210 g/mol. The molecule has 1 aliphatic rings. The number of nitrogens with one attached hydrogen (secondary N) is 1. The van der Waals surface area contributed by atoms with Gasteiger partial charge in [-0.25, -0.2) is 0 Å². The van der Waals surface area contributed by atoms with Crippen molar-refractivity contribution < 1.29 is 0 Å². The summed E-state index contributed by atoms with van der Waals surface area (Å²) < 4.78 is 1.98. The molecule has 0 spiro atoms. The molecule has 1 N–H and O–H groups in total. The van der Waals surface area contributed by atoms with E-state index < -0.39 is 0 Å². The predicted molar refractivity (Wildman–Crippen MR) is 70.8 cm³/mol. The van der Waals surface area contributed by atoms with E-state index in [1.807, 2.05) is 18.7 Å². The summed E-state index contributed by atoms with van der Waals surface area (Å²) in [4.78, 5) is 0. The molecule has 0 bridgehead atoms. The molecule has 0 saturated heterocycles. The molecule has 3 heteroatoms. The first kappa shape index (κ1) is 12.6. The second kappa shape index (κ2) is 5.21. The van der Waals surface area contributed by atoms with E-state index in [2.05, 4.69) is 23.4 Å². The summed E-state index contributed by atoms with van der Waals surface area (Å²) in [5.74, 6) is 0. The van der Waals surface area contributed by atoms with E-state index in [1.165, 1.54) is 37.8 Å². The lowest BCUT2D eigenvalue weighted by Gasteiger charge is -2.27. The second-order valence-electron chi connectivity index (χ2n) is 5.56. The zero-order chi connectivity index (χ0) is 12.3. The fourth-order valence-electron chi connectivity index (χ4n) is 3.07. The van der Waals surface area contributed by atoms with Gasteiger partial charge in [0.25, 0.3) is 0 Å². The summed E-state index contributed by atoms with van der Waals surface area (Å²) in [5.41, 5.74) is 2.97. The first-order valence-electron chi connectivity index (χ1n) is 6.85. The summed E-state index contributed by atoms with van der Waals surface area (Å²) in [6.07, 6.45) is 6.95. The number of rotatable bonds is 5. The highest BCUT2D eigenvalue weighted by atomic mass is 15.3. The van der Waals surface area contributed by atoms with E-state index in [4.69, 9.17) is 0 Å². The third kappa shape index (κ3) is 2.89.